The third-order valence-corrected chi connectivity index (χ3v) is 3.86. The molecule has 1 aliphatic heterocycles. The van der Waals surface area contributed by atoms with Gasteiger partial charge in [-0.1, -0.05) is 24.3 Å². The van der Waals surface area contributed by atoms with Gasteiger partial charge in [-0.2, -0.15) is 0 Å². The minimum Gasteiger partial charge on any atom is -0.493 e. The van der Waals surface area contributed by atoms with Gasteiger partial charge in [0.15, 0.2) is 17.6 Å². The van der Waals surface area contributed by atoms with Crippen molar-refractivity contribution in [2.45, 2.75) is 12.6 Å². The molecule has 0 saturated carbocycles. The number of ether oxygens (including phenoxy) is 3. The second-order valence-corrected chi connectivity index (χ2v) is 5.53. The summed E-state index contributed by atoms with van der Waals surface area (Å²) < 4.78 is 16.1. The maximum Gasteiger partial charge on any atom is 0.334 e. The zero-order valence-corrected chi connectivity index (χ0v) is 13.7. The van der Waals surface area contributed by atoms with Crippen LogP contribution in [0.4, 0.5) is 0 Å². The Morgan fingerprint density at radius 2 is 2.35 bits per heavy atom. The predicted molar refractivity (Wildman–Crippen MR) is 86.3 cm³/mol. The summed E-state index contributed by atoms with van der Waals surface area (Å²) in [5.41, 5.74) is 0.848. The second kappa shape index (κ2) is 8.19. The molecule has 1 unspecified atom stereocenters. The Labute approximate surface area is 140 Å². The van der Waals surface area contributed by atoms with Gasteiger partial charge in [-0.05, 0) is 11.6 Å². The van der Waals surface area contributed by atoms with Crippen molar-refractivity contribution in [2.75, 3.05) is 33.4 Å². The highest BCUT2D eigenvalue weighted by molar-refractivity contribution is 6.31. The van der Waals surface area contributed by atoms with Crippen molar-refractivity contribution in [1.29, 1.82) is 0 Å². The Bertz CT molecular complexity index is 578. The third-order valence-electron chi connectivity index (χ3n) is 3.51. The number of nitrogens with zero attached hydrogens (tertiary/aromatic N) is 1. The van der Waals surface area contributed by atoms with E-state index in [0.717, 1.165) is 5.56 Å². The van der Waals surface area contributed by atoms with Crippen LogP contribution in [-0.4, -0.2) is 55.5 Å². The van der Waals surface area contributed by atoms with E-state index in [1.807, 2.05) is 11.0 Å². The molecule has 1 heterocycles. The summed E-state index contributed by atoms with van der Waals surface area (Å²) >= 11 is 6.32. The van der Waals surface area contributed by atoms with Crippen molar-refractivity contribution in [3.63, 3.8) is 0 Å². The molecule has 23 heavy (non-hydrogen) atoms. The van der Waals surface area contributed by atoms with Crippen molar-refractivity contribution in [3.8, 4) is 11.5 Å². The predicted octanol–water partition coefficient (Wildman–Crippen LogP) is 2.20. The fourth-order valence-corrected chi connectivity index (χ4v) is 2.57. The molecular formula is C16H20ClNO5. The lowest BCUT2D eigenvalue weighted by Crippen LogP contribution is -2.45. The fourth-order valence-electron chi connectivity index (χ4n) is 2.36. The first kappa shape index (κ1) is 17.6. The first-order chi connectivity index (χ1) is 11.0. The highest BCUT2D eigenvalue weighted by Gasteiger charge is 2.26. The molecule has 2 rings (SSSR count). The molecule has 0 amide bonds. The normalized spacial score (nSPS) is 18.4. The van der Waals surface area contributed by atoms with Gasteiger partial charge < -0.3 is 19.3 Å². The lowest BCUT2D eigenvalue weighted by Gasteiger charge is -2.31. The Hall–Kier alpha value is -1.76. The maximum absolute atomic E-state index is 11.0. The largest absolute Gasteiger partial charge is 0.493 e. The average Bonchev–Trinajstić information content (AvgIpc) is 2.55. The van der Waals surface area contributed by atoms with Crippen molar-refractivity contribution in [1.82, 2.24) is 4.90 Å². The Kier molecular flexibility index (Phi) is 6.27. The van der Waals surface area contributed by atoms with Crippen LogP contribution in [0.5, 0.6) is 11.5 Å². The quantitative estimate of drug-likeness (QED) is 0.767. The van der Waals surface area contributed by atoms with E-state index in [9.17, 15) is 4.79 Å². The zero-order valence-electron chi connectivity index (χ0n) is 13.0. The third kappa shape index (κ3) is 4.60. The van der Waals surface area contributed by atoms with Crippen LogP contribution < -0.4 is 9.47 Å². The highest BCUT2D eigenvalue weighted by Crippen LogP contribution is 2.34. The number of rotatable bonds is 7. The summed E-state index contributed by atoms with van der Waals surface area (Å²) in [7, 11) is 1.56. The number of carboxylic acids is 1. The molecule has 0 bridgehead atoms. The summed E-state index contributed by atoms with van der Waals surface area (Å²) in [6.45, 7) is 5.83. The summed E-state index contributed by atoms with van der Waals surface area (Å²) in [6, 6.07) is 3.51. The summed E-state index contributed by atoms with van der Waals surface area (Å²) in [4.78, 5) is 13.0. The Morgan fingerprint density at radius 3 is 3.00 bits per heavy atom. The van der Waals surface area contributed by atoms with E-state index in [0.29, 0.717) is 49.4 Å². The Balaban J connectivity index is 2.13. The molecule has 1 atom stereocenters. The van der Waals surface area contributed by atoms with E-state index >= 15 is 0 Å². The molecule has 0 aliphatic carbocycles. The molecule has 1 aliphatic rings. The number of carboxylic acid groups (broad SMARTS) is 1. The van der Waals surface area contributed by atoms with Crippen molar-refractivity contribution >= 4 is 17.6 Å². The van der Waals surface area contributed by atoms with Gasteiger partial charge in [-0.15, -0.1) is 0 Å². The van der Waals surface area contributed by atoms with E-state index in [2.05, 4.69) is 6.58 Å². The summed E-state index contributed by atoms with van der Waals surface area (Å²) in [6.07, 6.45) is 0.834. The molecule has 1 N–H and O–H groups in total. The van der Waals surface area contributed by atoms with Crippen molar-refractivity contribution in [3.05, 3.63) is 35.4 Å². The SMILES string of the molecule is C=CCOc1cc(Cl)c(CN2CCOC(C(=O)O)C2)cc1OC. The van der Waals surface area contributed by atoms with Crippen LogP contribution in [0.1, 0.15) is 5.56 Å². The molecule has 1 aromatic carbocycles. The monoisotopic (exact) mass is 341 g/mol. The standard InChI is InChI=1S/C16H20ClNO5/c1-3-5-22-14-8-12(17)11(7-13(14)21-2)9-18-4-6-23-15(10-18)16(19)20/h3,7-8,15H,1,4-6,9-10H2,2H3,(H,19,20). The van der Waals surface area contributed by atoms with Gasteiger partial charge in [-0.3, -0.25) is 4.90 Å². The lowest BCUT2D eigenvalue weighted by molar-refractivity contribution is -0.156. The van der Waals surface area contributed by atoms with Crippen LogP contribution in [0, 0.1) is 0 Å². The Morgan fingerprint density at radius 1 is 1.57 bits per heavy atom. The van der Waals surface area contributed by atoms with E-state index in [4.69, 9.17) is 30.9 Å². The molecule has 1 saturated heterocycles. The van der Waals surface area contributed by atoms with E-state index in [-0.39, 0.29) is 0 Å². The van der Waals surface area contributed by atoms with Crippen molar-refractivity contribution in [2.24, 2.45) is 0 Å². The number of carbonyl (C=O) groups is 1. The molecule has 126 valence electrons. The molecule has 1 fully saturated rings. The number of morpholine rings is 1. The summed E-state index contributed by atoms with van der Waals surface area (Å²) in [5.74, 6) is 0.174. The molecule has 7 heteroatoms. The van der Waals surface area contributed by atoms with Crippen molar-refractivity contribution < 1.29 is 24.1 Å². The van der Waals surface area contributed by atoms with E-state index in [1.54, 1.807) is 19.3 Å². The van der Waals surface area contributed by atoms with Gasteiger partial charge in [0, 0.05) is 30.7 Å². The minimum absolute atomic E-state index is 0.322. The van der Waals surface area contributed by atoms with E-state index < -0.39 is 12.1 Å². The number of halogens is 1. The second-order valence-electron chi connectivity index (χ2n) is 5.13. The van der Waals surface area contributed by atoms with Gasteiger partial charge >= 0.3 is 5.97 Å². The zero-order chi connectivity index (χ0) is 16.8. The van der Waals surface area contributed by atoms with Gasteiger partial charge in [0.2, 0.25) is 0 Å². The minimum atomic E-state index is -0.952. The van der Waals surface area contributed by atoms with Crippen LogP contribution in [0.25, 0.3) is 0 Å². The lowest BCUT2D eigenvalue weighted by atomic mass is 10.1. The maximum atomic E-state index is 11.0. The van der Waals surface area contributed by atoms with E-state index in [1.165, 1.54) is 0 Å². The number of hydrogen-bond donors (Lipinski definition) is 1. The van der Waals surface area contributed by atoms with Crippen LogP contribution in [0.2, 0.25) is 5.02 Å². The van der Waals surface area contributed by atoms with Crippen LogP contribution in [-0.2, 0) is 16.1 Å². The number of benzene rings is 1. The average molecular weight is 342 g/mol. The molecule has 0 radical (unpaired) electrons. The highest BCUT2D eigenvalue weighted by atomic mass is 35.5. The molecule has 0 aromatic heterocycles. The molecule has 1 aromatic rings. The smallest absolute Gasteiger partial charge is 0.334 e. The fraction of sp³-hybridized carbons (Fsp3) is 0.438. The molecule has 6 nitrogen and oxygen atoms in total. The number of hydrogen-bond acceptors (Lipinski definition) is 5. The molecular weight excluding hydrogens is 322 g/mol. The van der Waals surface area contributed by atoms with Gasteiger partial charge in [0.25, 0.3) is 0 Å². The van der Waals surface area contributed by atoms with Gasteiger partial charge in [-0.25, -0.2) is 4.79 Å². The number of methoxy groups -OCH3 is 1. The van der Waals surface area contributed by atoms with Gasteiger partial charge in [0.05, 0.1) is 13.7 Å². The summed E-state index contributed by atoms with van der Waals surface area (Å²) in [5, 5.41) is 9.60. The molecule has 0 spiro atoms. The topological polar surface area (TPSA) is 68.2 Å². The van der Waals surface area contributed by atoms with Gasteiger partial charge in [0.1, 0.15) is 6.61 Å². The first-order valence-electron chi connectivity index (χ1n) is 7.22. The van der Waals surface area contributed by atoms with Crippen LogP contribution in [0.15, 0.2) is 24.8 Å². The van der Waals surface area contributed by atoms with Crippen LogP contribution in [0.3, 0.4) is 0 Å². The van der Waals surface area contributed by atoms with Crippen LogP contribution >= 0.6 is 11.6 Å². The number of aliphatic carboxylic acids is 1. The first-order valence-corrected chi connectivity index (χ1v) is 7.59.